The first-order valence-corrected chi connectivity index (χ1v) is 25.9. The van der Waals surface area contributed by atoms with Crippen LogP contribution in [0.4, 0.5) is 17.1 Å². The van der Waals surface area contributed by atoms with Gasteiger partial charge >= 0.3 is 0 Å². The average molecular weight is 868 g/mol. The van der Waals surface area contributed by atoms with E-state index in [1.165, 1.54) is 135 Å². The SMILES string of the molecule is CCC(c1ccc2c(c1)B1c3cc4c(cc3N(c3ccc5c(c3)C(C)(C)CCC5(C)C)c3cc(-c5ccccc5)cc-2c31)C(C)(C)CCC4(C)C)c1ccccc1C1(C)CCCCC1(C)C. The van der Waals surface area contributed by atoms with Gasteiger partial charge in [0.25, 0.3) is 0 Å². The molecule has 0 amide bonds. The molecule has 0 saturated heterocycles. The van der Waals surface area contributed by atoms with Crippen molar-refractivity contribution in [1.29, 1.82) is 0 Å². The lowest BCUT2D eigenvalue weighted by Gasteiger charge is -2.50. The first kappa shape index (κ1) is 43.7. The maximum Gasteiger partial charge on any atom is 0.248 e. The number of fused-ring (bicyclic) bond motifs is 7. The Bertz CT molecular complexity index is 2920. The van der Waals surface area contributed by atoms with Crippen LogP contribution in [0.3, 0.4) is 0 Å². The second-order valence-corrected chi connectivity index (χ2v) is 25.1. The van der Waals surface area contributed by atoms with Gasteiger partial charge < -0.3 is 4.90 Å². The minimum atomic E-state index is 0.0801. The van der Waals surface area contributed by atoms with Crippen molar-refractivity contribution in [3.05, 3.63) is 154 Å². The molecule has 2 heterocycles. The van der Waals surface area contributed by atoms with Gasteiger partial charge in [-0.15, -0.1) is 0 Å². The lowest BCUT2D eigenvalue weighted by Crippen LogP contribution is -2.55. The van der Waals surface area contributed by atoms with Gasteiger partial charge in [0, 0.05) is 23.0 Å². The Hall–Kier alpha value is -4.82. The molecule has 2 unspecified atom stereocenters. The quantitative estimate of drug-likeness (QED) is 0.151. The van der Waals surface area contributed by atoms with Gasteiger partial charge in [-0.3, -0.25) is 0 Å². The zero-order valence-corrected chi connectivity index (χ0v) is 42.4. The maximum atomic E-state index is 2.72. The molecule has 2 aliphatic heterocycles. The van der Waals surface area contributed by atoms with E-state index in [0.29, 0.717) is 5.92 Å². The van der Waals surface area contributed by atoms with Gasteiger partial charge in [-0.25, -0.2) is 0 Å². The van der Waals surface area contributed by atoms with Crippen LogP contribution in [0.1, 0.15) is 186 Å². The molecule has 1 saturated carbocycles. The number of hydrogen-bond donors (Lipinski definition) is 0. The van der Waals surface area contributed by atoms with Crippen LogP contribution in [0.25, 0.3) is 22.3 Å². The summed E-state index contributed by atoms with van der Waals surface area (Å²) in [7, 11) is 0. The third kappa shape index (κ3) is 6.45. The van der Waals surface area contributed by atoms with Gasteiger partial charge in [-0.05, 0) is 180 Å². The molecule has 6 aromatic rings. The Labute approximate surface area is 398 Å². The molecule has 66 heavy (non-hydrogen) atoms. The fraction of sp³-hybridized carbons (Fsp3) is 0.438. The number of anilines is 3. The summed E-state index contributed by atoms with van der Waals surface area (Å²) in [5.41, 5.74) is 25.3. The predicted octanol–water partition coefficient (Wildman–Crippen LogP) is 15.7. The Morgan fingerprint density at radius 3 is 1.79 bits per heavy atom. The molecular weight excluding hydrogens is 794 g/mol. The zero-order valence-electron chi connectivity index (χ0n) is 42.4. The monoisotopic (exact) mass is 868 g/mol. The molecule has 0 bridgehead atoms. The second-order valence-electron chi connectivity index (χ2n) is 25.1. The molecule has 5 aliphatic rings. The van der Waals surface area contributed by atoms with Crippen molar-refractivity contribution in [2.75, 3.05) is 4.90 Å². The molecule has 2 heteroatoms. The van der Waals surface area contributed by atoms with Crippen molar-refractivity contribution in [2.24, 2.45) is 5.41 Å². The average Bonchev–Trinajstić information content (AvgIpc) is 3.62. The highest BCUT2D eigenvalue weighted by Gasteiger charge is 2.48. The Balaban J connectivity index is 1.18. The van der Waals surface area contributed by atoms with E-state index >= 15 is 0 Å². The normalized spacial score (nSPS) is 22.7. The minimum Gasteiger partial charge on any atom is -0.311 e. The van der Waals surface area contributed by atoms with Crippen LogP contribution >= 0.6 is 0 Å². The Morgan fingerprint density at radius 2 is 1.11 bits per heavy atom. The van der Waals surface area contributed by atoms with Gasteiger partial charge in [-0.1, -0.05) is 186 Å². The van der Waals surface area contributed by atoms with E-state index in [1.807, 2.05) is 0 Å². The van der Waals surface area contributed by atoms with Crippen LogP contribution < -0.4 is 21.3 Å². The van der Waals surface area contributed by atoms with Gasteiger partial charge in [0.15, 0.2) is 0 Å². The highest BCUT2D eigenvalue weighted by Crippen LogP contribution is 2.55. The lowest BCUT2D eigenvalue weighted by atomic mass is 9.36. The summed E-state index contributed by atoms with van der Waals surface area (Å²) in [4.78, 5) is 2.72. The van der Waals surface area contributed by atoms with Crippen molar-refractivity contribution in [3.8, 4) is 22.3 Å². The minimum absolute atomic E-state index is 0.0801. The molecule has 1 nitrogen and oxygen atoms in total. The molecule has 11 rings (SSSR count). The lowest BCUT2D eigenvalue weighted by molar-refractivity contribution is 0.108. The van der Waals surface area contributed by atoms with Gasteiger partial charge in [0.2, 0.25) is 6.71 Å². The first-order chi connectivity index (χ1) is 31.3. The fourth-order valence-corrected chi connectivity index (χ4v) is 14.2. The molecule has 3 aliphatic carbocycles. The standard InChI is InChI=1S/C64H74BN/c1-13-45(46-23-17-18-24-49(46)64(12)30-20-19-29-63(64,10)11)42-25-27-47-48-35-43(41-21-15-14-16-22-41)37-57-58(48)65(54(47)36-42)55-39-52-53(62(8,9)34-33-61(52,6)7)40-56(55)66(57)44-26-28-50-51(38-44)60(4,5)32-31-59(50,2)3/h14-18,21-28,35-40,45H,13,19-20,29-34H2,1-12H3. The molecule has 338 valence electrons. The first-order valence-electron chi connectivity index (χ1n) is 25.9. The van der Waals surface area contributed by atoms with Crippen LogP contribution in [0, 0.1) is 5.41 Å². The van der Waals surface area contributed by atoms with Crippen molar-refractivity contribution in [3.63, 3.8) is 0 Å². The molecule has 0 N–H and O–H groups in total. The number of nitrogens with zero attached hydrogens (tertiary/aromatic N) is 1. The summed E-state index contributed by atoms with van der Waals surface area (Å²) >= 11 is 0. The topological polar surface area (TPSA) is 3.24 Å². The Morgan fingerprint density at radius 1 is 0.485 bits per heavy atom. The smallest absolute Gasteiger partial charge is 0.248 e. The summed E-state index contributed by atoms with van der Waals surface area (Å²) in [5.74, 6) is 0.315. The molecule has 0 spiro atoms. The molecular formula is C64H74BN. The maximum absolute atomic E-state index is 2.72. The second kappa shape index (κ2) is 14.8. The third-order valence-electron chi connectivity index (χ3n) is 19.1. The molecule has 0 radical (unpaired) electrons. The van der Waals surface area contributed by atoms with E-state index < -0.39 is 0 Å². The predicted molar refractivity (Wildman–Crippen MR) is 285 cm³/mol. The van der Waals surface area contributed by atoms with E-state index in [2.05, 4.69) is 203 Å². The summed E-state index contributed by atoms with van der Waals surface area (Å²) in [6, 6.07) is 46.5. The highest BCUT2D eigenvalue weighted by molar-refractivity contribution is 7.01. The zero-order chi connectivity index (χ0) is 46.3. The summed E-state index contributed by atoms with van der Waals surface area (Å²) in [6.07, 6.45) is 11.1. The van der Waals surface area contributed by atoms with Gasteiger partial charge in [-0.2, -0.15) is 0 Å². The van der Waals surface area contributed by atoms with E-state index in [9.17, 15) is 0 Å². The summed E-state index contributed by atoms with van der Waals surface area (Å²) < 4.78 is 0. The Kier molecular flexibility index (Phi) is 9.83. The molecule has 0 aromatic heterocycles. The van der Waals surface area contributed by atoms with Gasteiger partial charge in [0.05, 0.1) is 0 Å². The summed E-state index contributed by atoms with van der Waals surface area (Å²) in [5, 5.41) is 0. The van der Waals surface area contributed by atoms with E-state index in [0.717, 1.165) is 6.42 Å². The molecule has 6 aromatic carbocycles. The van der Waals surface area contributed by atoms with Crippen LogP contribution in [-0.2, 0) is 27.1 Å². The van der Waals surface area contributed by atoms with Crippen LogP contribution in [0.2, 0.25) is 0 Å². The van der Waals surface area contributed by atoms with Gasteiger partial charge in [0.1, 0.15) is 0 Å². The number of hydrogen-bond acceptors (Lipinski definition) is 1. The molecule has 1 fully saturated rings. The van der Waals surface area contributed by atoms with Crippen molar-refractivity contribution in [1.82, 2.24) is 0 Å². The molecule has 2 atom stereocenters. The van der Waals surface area contributed by atoms with Crippen molar-refractivity contribution < 1.29 is 0 Å². The van der Waals surface area contributed by atoms with E-state index in [-0.39, 0.29) is 39.2 Å². The van der Waals surface area contributed by atoms with Crippen molar-refractivity contribution >= 4 is 40.2 Å². The summed E-state index contributed by atoms with van der Waals surface area (Å²) in [6.45, 7) is 30.1. The number of benzene rings is 6. The van der Waals surface area contributed by atoms with Crippen LogP contribution in [-0.4, -0.2) is 6.71 Å². The van der Waals surface area contributed by atoms with E-state index in [4.69, 9.17) is 0 Å². The fourth-order valence-electron chi connectivity index (χ4n) is 14.2. The number of rotatable bonds is 6. The van der Waals surface area contributed by atoms with Crippen LogP contribution in [0.15, 0.2) is 115 Å². The third-order valence-corrected chi connectivity index (χ3v) is 19.1. The van der Waals surface area contributed by atoms with Crippen LogP contribution in [0.5, 0.6) is 0 Å². The van der Waals surface area contributed by atoms with E-state index in [1.54, 1.807) is 11.1 Å². The largest absolute Gasteiger partial charge is 0.311 e. The highest BCUT2D eigenvalue weighted by atomic mass is 15.2. The van der Waals surface area contributed by atoms with Crippen molar-refractivity contribution in [2.45, 2.75) is 174 Å².